The molecule has 0 aromatic heterocycles. The molecule has 1 aliphatic rings. The fourth-order valence-corrected chi connectivity index (χ4v) is 3.62. The quantitative estimate of drug-likeness (QED) is 0.746. The maximum atomic E-state index is 4.02. The zero-order valence-corrected chi connectivity index (χ0v) is 14.6. The monoisotopic (exact) mass is 287 g/mol. The van der Waals surface area contributed by atoms with Crippen molar-refractivity contribution in [1.29, 1.82) is 0 Å². The van der Waals surface area contributed by atoms with E-state index in [4.69, 9.17) is 0 Å². The molecule has 1 N–H and O–H groups in total. The fraction of sp³-hybridized carbons (Fsp3) is 0.700. The van der Waals surface area contributed by atoms with Crippen LogP contribution in [-0.4, -0.2) is 6.04 Å². The number of benzene rings is 1. The Morgan fingerprint density at radius 3 is 2.38 bits per heavy atom. The molecule has 0 radical (unpaired) electrons. The predicted octanol–water partition coefficient (Wildman–Crippen LogP) is 5.72. The zero-order valence-electron chi connectivity index (χ0n) is 14.6. The average Bonchev–Trinajstić information content (AvgIpc) is 2.39. The van der Waals surface area contributed by atoms with Crippen LogP contribution in [0.5, 0.6) is 0 Å². The molecule has 21 heavy (non-hydrogen) atoms. The second kappa shape index (κ2) is 6.52. The zero-order chi connectivity index (χ0) is 15.5. The van der Waals surface area contributed by atoms with E-state index in [-0.39, 0.29) is 0 Å². The van der Waals surface area contributed by atoms with Crippen molar-refractivity contribution in [3.05, 3.63) is 35.9 Å². The van der Waals surface area contributed by atoms with Gasteiger partial charge in [0.2, 0.25) is 0 Å². The molecule has 1 fully saturated rings. The second-order valence-corrected chi connectivity index (χ2v) is 8.68. The highest BCUT2D eigenvalue weighted by molar-refractivity contribution is 5.19. The van der Waals surface area contributed by atoms with E-state index in [9.17, 15) is 0 Å². The summed E-state index contributed by atoms with van der Waals surface area (Å²) in [6.07, 6.45) is 6.62. The van der Waals surface area contributed by atoms with Gasteiger partial charge in [0.1, 0.15) is 0 Å². The molecule has 2 unspecified atom stereocenters. The standard InChI is InChI=1S/C20H33N/c1-19(2,3)15-17(16-11-7-6-8-12-16)21-18-13-9-10-14-20(18,4)5/h6-8,11-12,17-18,21H,9-10,13-15H2,1-5H3. The summed E-state index contributed by atoms with van der Waals surface area (Å²) in [5.41, 5.74) is 2.20. The topological polar surface area (TPSA) is 12.0 Å². The smallest absolute Gasteiger partial charge is 0.0327 e. The maximum Gasteiger partial charge on any atom is 0.0327 e. The number of nitrogens with one attached hydrogen (secondary N) is 1. The summed E-state index contributed by atoms with van der Waals surface area (Å²) in [7, 11) is 0. The second-order valence-electron chi connectivity index (χ2n) is 8.68. The minimum absolute atomic E-state index is 0.340. The normalized spacial score (nSPS) is 23.8. The van der Waals surface area contributed by atoms with E-state index < -0.39 is 0 Å². The van der Waals surface area contributed by atoms with Gasteiger partial charge in [0.15, 0.2) is 0 Å². The Kier molecular flexibility index (Phi) is 5.14. The van der Waals surface area contributed by atoms with Crippen LogP contribution in [0.2, 0.25) is 0 Å². The largest absolute Gasteiger partial charge is 0.307 e. The molecule has 1 aromatic rings. The van der Waals surface area contributed by atoms with E-state index >= 15 is 0 Å². The molecular formula is C20H33N. The van der Waals surface area contributed by atoms with Crippen LogP contribution in [-0.2, 0) is 0 Å². The van der Waals surface area contributed by atoms with Crippen molar-refractivity contribution in [2.24, 2.45) is 10.8 Å². The molecule has 0 saturated heterocycles. The molecule has 0 heterocycles. The minimum atomic E-state index is 0.340. The molecule has 1 aliphatic carbocycles. The molecule has 0 amide bonds. The molecule has 2 rings (SSSR count). The van der Waals surface area contributed by atoms with Crippen molar-refractivity contribution >= 4 is 0 Å². The Morgan fingerprint density at radius 2 is 1.81 bits per heavy atom. The lowest BCUT2D eigenvalue weighted by Crippen LogP contribution is -2.46. The Labute approximate surface area is 131 Å². The van der Waals surface area contributed by atoms with Gasteiger partial charge < -0.3 is 5.32 Å². The van der Waals surface area contributed by atoms with Crippen molar-refractivity contribution in [3.8, 4) is 0 Å². The molecule has 1 aromatic carbocycles. The van der Waals surface area contributed by atoms with Crippen LogP contribution in [0.1, 0.15) is 78.3 Å². The van der Waals surface area contributed by atoms with Crippen LogP contribution in [0.25, 0.3) is 0 Å². The summed E-state index contributed by atoms with van der Waals surface area (Å²) in [4.78, 5) is 0. The first-order valence-electron chi connectivity index (χ1n) is 8.59. The lowest BCUT2D eigenvalue weighted by atomic mass is 9.72. The lowest BCUT2D eigenvalue weighted by Gasteiger charge is -2.42. The van der Waals surface area contributed by atoms with Crippen molar-refractivity contribution in [2.45, 2.75) is 78.8 Å². The van der Waals surface area contributed by atoms with Gasteiger partial charge in [-0.05, 0) is 35.7 Å². The van der Waals surface area contributed by atoms with E-state index in [2.05, 4.69) is 70.3 Å². The summed E-state index contributed by atoms with van der Waals surface area (Å²) in [5, 5.41) is 4.02. The van der Waals surface area contributed by atoms with Crippen LogP contribution in [0.4, 0.5) is 0 Å². The third-order valence-electron chi connectivity index (χ3n) is 4.93. The Hall–Kier alpha value is -0.820. The van der Waals surface area contributed by atoms with Crippen LogP contribution >= 0.6 is 0 Å². The molecule has 0 bridgehead atoms. The van der Waals surface area contributed by atoms with Crippen LogP contribution < -0.4 is 5.32 Å². The summed E-state index contributed by atoms with van der Waals surface area (Å²) >= 11 is 0. The first-order chi connectivity index (χ1) is 9.78. The summed E-state index contributed by atoms with van der Waals surface area (Å²) in [6, 6.07) is 12.1. The van der Waals surface area contributed by atoms with Gasteiger partial charge in [0.25, 0.3) is 0 Å². The summed E-state index contributed by atoms with van der Waals surface area (Å²) < 4.78 is 0. The maximum absolute atomic E-state index is 4.02. The highest BCUT2D eigenvalue weighted by Gasteiger charge is 2.34. The highest BCUT2D eigenvalue weighted by atomic mass is 15.0. The molecule has 1 heteroatoms. The predicted molar refractivity (Wildman–Crippen MR) is 92.4 cm³/mol. The third-order valence-corrected chi connectivity index (χ3v) is 4.93. The molecule has 1 nitrogen and oxygen atoms in total. The molecular weight excluding hydrogens is 254 g/mol. The molecule has 0 spiro atoms. The van der Waals surface area contributed by atoms with E-state index in [0.717, 1.165) is 0 Å². The molecule has 118 valence electrons. The van der Waals surface area contributed by atoms with E-state index in [1.54, 1.807) is 0 Å². The molecule has 2 atom stereocenters. The van der Waals surface area contributed by atoms with Crippen LogP contribution in [0.15, 0.2) is 30.3 Å². The van der Waals surface area contributed by atoms with Gasteiger partial charge in [-0.15, -0.1) is 0 Å². The van der Waals surface area contributed by atoms with Crippen LogP contribution in [0, 0.1) is 10.8 Å². The fourth-order valence-electron chi connectivity index (χ4n) is 3.62. The van der Waals surface area contributed by atoms with Gasteiger partial charge in [-0.3, -0.25) is 0 Å². The lowest BCUT2D eigenvalue weighted by molar-refractivity contribution is 0.144. The van der Waals surface area contributed by atoms with E-state index in [1.807, 2.05) is 0 Å². The van der Waals surface area contributed by atoms with Gasteiger partial charge in [0.05, 0.1) is 0 Å². The first kappa shape index (κ1) is 16.5. The SMILES string of the molecule is CC(C)(C)CC(NC1CCCCC1(C)C)c1ccccc1. The third kappa shape index (κ3) is 4.85. The summed E-state index contributed by atoms with van der Waals surface area (Å²) in [5.74, 6) is 0. The minimum Gasteiger partial charge on any atom is -0.307 e. The summed E-state index contributed by atoms with van der Waals surface area (Å²) in [6.45, 7) is 11.9. The highest BCUT2D eigenvalue weighted by Crippen LogP contribution is 2.38. The van der Waals surface area contributed by atoms with Crippen molar-refractivity contribution in [2.75, 3.05) is 0 Å². The van der Waals surface area contributed by atoms with E-state index in [1.165, 1.54) is 37.7 Å². The Balaban J connectivity index is 2.16. The van der Waals surface area contributed by atoms with Crippen molar-refractivity contribution < 1.29 is 0 Å². The Bertz CT molecular complexity index is 427. The van der Waals surface area contributed by atoms with Gasteiger partial charge in [-0.2, -0.15) is 0 Å². The number of hydrogen-bond acceptors (Lipinski definition) is 1. The molecule has 0 aliphatic heterocycles. The van der Waals surface area contributed by atoms with Gasteiger partial charge in [-0.1, -0.05) is 77.8 Å². The molecule has 1 saturated carbocycles. The number of rotatable bonds is 4. The first-order valence-corrected chi connectivity index (χ1v) is 8.59. The van der Waals surface area contributed by atoms with Crippen molar-refractivity contribution in [1.82, 2.24) is 5.32 Å². The Morgan fingerprint density at radius 1 is 1.14 bits per heavy atom. The van der Waals surface area contributed by atoms with Crippen molar-refractivity contribution in [3.63, 3.8) is 0 Å². The van der Waals surface area contributed by atoms with Crippen LogP contribution in [0.3, 0.4) is 0 Å². The van der Waals surface area contributed by atoms with Gasteiger partial charge in [-0.25, -0.2) is 0 Å². The average molecular weight is 287 g/mol. The number of hydrogen-bond donors (Lipinski definition) is 1. The van der Waals surface area contributed by atoms with Gasteiger partial charge >= 0.3 is 0 Å². The van der Waals surface area contributed by atoms with Gasteiger partial charge in [0, 0.05) is 12.1 Å². The van der Waals surface area contributed by atoms with E-state index in [0.29, 0.717) is 22.9 Å².